The van der Waals surface area contributed by atoms with E-state index in [4.69, 9.17) is 19.2 Å². The predicted octanol–water partition coefficient (Wildman–Crippen LogP) is 4.01. The summed E-state index contributed by atoms with van der Waals surface area (Å²) >= 11 is 0. The molecule has 1 aromatic carbocycles. The van der Waals surface area contributed by atoms with E-state index < -0.39 is 11.4 Å². The molecular formula is C26H38N2O4. The number of piperazine rings is 1. The lowest BCUT2D eigenvalue weighted by Gasteiger charge is -2.61. The van der Waals surface area contributed by atoms with Crippen molar-refractivity contribution in [2.75, 3.05) is 26.2 Å². The van der Waals surface area contributed by atoms with Gasteiger partial charge in [-0.3, -0.25) is 9.80 Å². The largest absolute Gasteiger partial charge is 0.331 e. The molecule has 5 heterocycles. The van der Waals surface area contributed by atoms with Gasteiger partial charge < -0.3 is 9.47 Å². The van der Waals surface area contributed by atoms with Crippen LogP contribution in [-0.4, -0.2) is 59.9 Å². The predicted molar refractivity (Wildman–Crippen MR) is 120 cm³/mol. The molecule has 6 aliphatic rings. The molecule has 1 spiro atoms. The summed E-state index contributed by atoms with van der Waals surface area (Å²) in [6.07, 6.45) is 4.11. The van der Waals surface area contributed by atoms with Crippen LogP contribution < -0.4 is 0 Å². The molecule has 0 N–H and O–H groups in total. The molecule has 5 aliphatic heterocycles. The van der Waals surface area contributed by atoms with Gasteiger partial charge in [-0.2, -0.15) is 0 Å². The lowest BCUT2D eigenvalue weighted by Crippen LogP contribution is -2.72. The van der Waals surface area contributed by atoms with Gasteiger partial charge in [-0.25, -0.2) is 9.78 Å². The fourth-order valence-corrected chi connectivity index (χ4v) is 7.32. The zero-order chi connectivity index (χ0) is 21.9. The van der Waals surface area contributed by atoms with Crippen molar-refractivity contribution in [3.8, 4) is 0 Å². The summed E-state index contributed by atoms with van der Waals surface area (Å²) in [5.41, 5.74) is 0.930. The number of benzene rings is 1. The highest BCUT2D eigenvalue weighted by molar-refractivity contribution is 5.14. The van der Waals surface area contributed by atoms with E-state index >= 15 is 0 Å². The van der Waals surface area contributed by atoms with Crippen molar-refractivity contribution in [1.82, 2.24) is 9.80 Å². The van der Waals surface area contributed by atoms with Gasteiger partial charge in [-0.15, -0.1) is 0 Å². The number of hydrogen-bond acceptors (Lipinski definition) is 6. The first kappa shape index (κ1) is 21.5. The number of nitrogens with zero attached hydrogens (tertiary/aromatic N) is 2. The average Bonchev–Trinajstić information content (AvgIpc) is 3.03. The topological polar surface area (TPSA) is 43.4 Å². The zero-order valence-electron chi connectivity index (χ0n) is 19.7. The van der Waals surface area contributed by atoms with Gasteiger partial charge in [-0.05, 0) is 43.6 Å². The molecule has 8 atom stereocenters. The third-order valence-electron chi connectivity index (χ3n) is 9.14. The SMILES string of the molecule is C[C@H]1[C@H](N2CCN(Cc3ccccc3)CC2)O[C@@H]2O[C@@]3(C)CC[C@H]4[C@H](C)CC[C@@H]1[C@@]24OO3. The molecule has 0 aromatic heterocycles. The van der Waals surface area contributed by atoms with Gasteiger partial charge in [0.2, 0.25) is 5.79 Å². The van der Waals surface area contributed by atoms with Crippen LogP contribution in [0.1, 0.15) is 52.0 Å². The van der Waals surface area contributed by atoms with Crippen LogP contribution in [0.3, 0.4) is 0 Å². The summed E-state index contributed by atoms with van der Waals surface area (Å²) in [6.45, 7) is 12.0. The van der Waals surface area contributed by atoms with E-state index in [2.05, 4.69) is 54.0 Å². The van der Waals surface area contributed by atoms with Crippen molar-refractivity contribution >= 4 is 0 Å². The molecule has 6 heteroatoms. The first-order valence-electron chi connectivity index (χ1n) is 12.7. The Morgan fingerprint density at radius 2 is 1.72 bits per heavy atom. The van der Waals surface area contributed by atoms with Gasteiger partial charge in [-0.1, -0.05) is 44.2 Å². The number of rotatable bonds is 3. The summed E-state index contributed by atoms with van der Waals surface area (Å²) in [5.74, 6) is 1.13. The first-order valence-corrected chi connectivity index (χ1v) is 12.7. The Balaban J connectivity index is 1.19. The highest BCUT2D eigenvalue weighted by Crippen LogP contribution is 2.60. The van der Waals surface area contributed by atoms with Crippen molar-refractivity contribution in [2.24, 2.45) is 23.7 Å². The molecule has 1 aliphatic carbocycles. The van der Waals surface area contributed by atoms with Crippen molar-refractivity contribution in [3.05, 3.63) is 35.9 Å². The van der Waals surface area contributed by atoms with E-state index in [1.54, 1.807) is 0 Å². The number of ether oxygens (including phenoxy) is 2. The Kier molecular flexibility index (Phi) is 5.40. The standard InChI is InChI=1S/C26H38N2O4/c1-18-9-10-22-19(2)23(28-15-13-27(14-16-28)17-20-7-5-4-6-8-20)29-24-26(22)21(18)11-12-25(3,30-24)31-32-26/h4-8,18-19,21-24H,9-17H2,1-3H3/t18-,19-,21+,22+,23-,24-,25-,26-/m1/s1. The highest BCUT2D eigenvalue weighted by atomic mass is 17.3. The summed E-state index contributed by atoms with van der Waals surface area (Å²) < 4.78 is 13.4. The third kappa shape index (κ3) is 3.38. The fourth-order valence-electron chi connectivity index (χ4n) is 7.32. The summed E-state index contributed by atoms with van der Waals surface area (Å²) in [7, 11) is 0. The second-order valence-corrected chi connectivity index (χ2v) is 11.1. The molecule has 2 bridgehead atoms. The van der Waals surface area contributed by atoms with Crippen LogP contribution in [0.5, 0.6) is 0 Å². The minimum Gasteiger partial charge on any atom is -0.331 e. The first-order chi connectivity index (χ1) is 15.5. The lowest BCUT2D eigenvalue weighted by atomic mass is 9.58. The molecule has 5 saturated heterocycles. The van der Waals surface area contributed by atoms with Crippen LogP contribution in [0, 0.1) is 23.7 Å². The quantitative estimate of drug-likeness (QED) is 0.659. The summed E-state index contributed by atoms with van der Waals surface area (Å²) in [4.78, 5) is 17.4. The van der Waals surface area contributed by atoms with E-state index in [9.17, 15) is 0 Å². The van der Waals surface area contributed by atoms with Crippen molar-refractivity contribution in [2.45, 2.75) is 76.9 Å². The molecule has 1 aromatic rings. The van der Waals surface area contributed by atoms with Gasteiger partial charge in [0.1, 0.15) is 6.23 Å². The number of hydrogen-bond donors (Lipinski definition) is 0. The van der Waals surface area contributed by atoms with Crippen molar-refractivity contribution in [3.63, 3.8) is 0 Å². The Morgan fingerprint density at radius 3 is 2.50 bits per heavy atom. The molecule has 7 rings (SSSR count). The Labute approximate surface area is 192 Å². The van der Waals surface area contributed by atoms with E-state index in [0.717, 1.165) is 52.0 Å². The summed E-state index contributed by atoms with van der Waals surface area (Å²) in [5, 5.41) is 0. The minimum absolute atomic E-state index is 0.0788. The van der Waals surface area contributed by atoms with E-state index in [1.165, 1.54) is 12.0 Å². The second kappa shape index (κ2) is 8.03. The Hall–Kier alpha value is -1.02. The van der Waals surface area contributed by atoms with Gasteiger partial charge in [0, 0.05) is 51.0 Å². The maximum absolute atomic E-state index is 6.83. The molecule has 176 valence electrons. The van der Waals surface area contributed by atoms with Crippen LogP contribution in [0.25, 0.3) is 0 Å². The maximum Gasteiger partial charge on any atom is 0.201 e. The normalized spacial score (nSPS) is 47.1. The van der Waals surface area contributed by atoms with Crippen LogP contribution in [-0.2, 0) is 25.8 Å². The minimum atomic E-state index is -0.697. The van der Waals surface area contributed by atoms with Gasteiger partial charge in [0.15, 0.2) is 11.9 Å². The highest BCUT2D eigenvalue weighted by Gasteiger charge is 2.69. The lowest BCUT2D eigenvalue weighted by molar-refractivity contribution is -0.574. The fraction of sp³-hybridized carbons (Fsp3) is 0.769. The van der Waals surface area contributed by atoms with Crippen LogP contribution in [0.4, 0.5) is 0 Å². The molecule has 6 fully saturated rings. The van der Waals surface area contributed by atoms with Crippen molar-refractivity contribution in [1.29, 1.82) is 0 Å². The monoisotopic (exact) mass is 442 g/mol. The zero-order valence-corrected chi connectivity index (χ0v) is 19.7. The Morgan fingerprint density at radius 1 is 0.938 bits per heavy atom. The van der Waals surface area contributed by atoms with Gasteiger partial charge in [0.05, 0.1) is 0 Å². The molecule has 0 unspecified atom stereocenters. The molecule has 6 nitrogen and oxygen atoms in total. The average molecular weight is 443 g/mol. The molecule has 32 heavy (non-hydrogen) atoms. The summed E-state index contributed by atoms with van der Waals surface area (Å²) in [6, 6.07) is 10.8. The second-order valence-electron chi connectivity index (χ2n) is 11.1. The van der Waals surface area contributed by atoms with Gasteiger partial charge in [0.25, 0.3) is 0 Å². The third-order valence-corrected chi connectivity index (χ3v) is 9.14. The molecular weight excluding hydrogens is 404 g/mol. The van der Waals surface area contributed by atoms with Crippen LogP contribution >= 0.6 is 0 Å². The smallest absolute Gasteiger partial charge is 0.201 e. The van der Waals surface area contributed by atoms with Crippen LogP contribution in [0.2, 0.25) is 0 Å². The maximum atomic E-state index is 6.83. The van der Waals surface area contributed by atoms with Crippen molar-refractivity contribution < 1.29 is 19.2 Å². The number of fused-ring (bicyclic) bond motifs is 2. The molecule has 0 radical (unpaired) electrons. The van der Waals surface area contributed by atoms with E-state index in [-0.39, 0.29) is 12.5 Å². The Bertz CT molecular complexity index is 815. The van der Waals surface area contributed by atoms with Gasteiger partial charge >= 0.3 is 0 Å². The molecule has 1 saturated carbocycles. The van der Waals surface area contributed by atoms with E-state index in [0.29, 0.717) is 23.7 Å². The molecule has 0 amide bonds. The van der Waals surface area contributed by atoms with E-state index in [1.807, 2.05) is 6.92 Å². The van der Waals surface area contributed by atoms with Crippen LogP contribution in [0.15, 0.2) is 30.3 Å².